The lowest BCUT2D eigenvalue weighted by Crippen LogP contribution is -2.45. The Morgan fingerprint density at radius 1 is 1.08 bits per heavy atom. The van der Waals surface area contributed by atoms with E-state index in [1.165, 1.54) is 4.90 Å². The zero-order valence-corrected chi connectivity index (χ0v) is 14.2. The van der Waals surface area contributed by atoms with Crippen molar-refractivity contribution in [2.24, 2.45) is 0 Å². The van der Waals surface area contributed by atoms with Crippen molar-refractivity contribution < 1.29 is 19.5 Å². The molecule has 7 nitrogen and oxygen atoms in total. The highest BCUT2D eigenvalue weighted by Crippen LogP contribution is 2.34. The number of hydrogen-bond donors (Lipinski definition) is 3. The van der Waals surface area contributed by atoms with E-state index >= 15 is 0 Å². The molecular weight excluding hydrogens is 334 g/mol. The largest absolute Gasteiger partial charge is 0.387 e. The number of hydrogen-bond acceptors (Lipinski definition) is 4. The summed E-state index contributed by atoms with van der Waals surface area (Å²) in [4.78, 5) is 37.9. The van der Waals surface area contributed by atoms with E-state index in [2.05, 4.69) is 10.6 Å². The minimum absolute atomic E-state index is 0.106. The molecule has 0 aliphatic carbocycles. The third kappa shape index (κ3) is 3.43. The van der Waals surface area contributed by atoms with Gasteiger partial charge in [-0.15, -0.1) is 0 Å². The molecule has 1 aliphatic rings. The van der Waals surface area contributed by atoms with E-state index < -0.39 is 24.0 Å². The fourth-order valence-corrected chi connectivity index (χ4v) is 2.88. The fourth-order valence-electron chi connectivity index (χ4n) is 2.88. The third-order valence-corrected chi connectivity index (χ3v) is 4.31. The molecular formula is C19H19N3O4. The van der Waals surface area contributed by atoms with Gasteiger partial charge in [-0.3, -0.25) is 14.4 Å². The minimum atomic E-state index is -0.923. The highest BCUT2D eigenvalue weighted by atomic mass is 16.3. The Hall–Kier alpha value is -3.19. The van der Waals surface area contributed by atoms with E-state index in [1.54, 1.807) is 55.6 Å². The molecule has 0 saturated carbocycles. The molecule has 1 aliphatic heterocycles. The number of amides is 3. The number of carbonyl (C=O) groups is 3. The van der Waals surface area contributed by atoms with Crippen LogP contribution in [0.15, 0.2) is 54.6 Å². The van der Waals surface area contributed by atoms with Crippen LogP contribution in [-0.4, -0.2) is 36.4 Å². The molecule has 3 N–H and O–H groups in total. The summed E-state index contributed by atoms with van der Waals surface area (Å²) in [6.07, 6.45) is -0.923. The Bertz CT molecular complexity index is 838. The molecule has 0 fully saturated rings. The van der Waals surface area contributed by atoms with E-state index in [9.17, 15) is 19.5 Å². The third-order valence-electron chi connectivity index (χ3n) is 4.31. The number of likely N-dealkylation sites (N-methyl/N-ethyl adjacent to an activating group) is 1. The summed E-state index contributed by atoms with van der Waals surface area (Å²) in [6, 6.07) is 15.0. The van der Waals surface area contributed by atoms with Gasteiger partial charge in [0.25, 0.3) is 5.91 Å². The van der Waals surface area contributed by atoms with Gasteiger partial charge in [0.15, 0.2) is 0 Å². The normalized spacial score (nSPS) is 16.8. The Labute approximate surface area is 150 Å². The smallest absolute Gasteiger partial charge is 0.310 e. The van der Waals surface area contributed by atoms with Crippen LogP contribution in [0.2, 0.25) is 0 Å². The zero-order chi connectivity index (χ0) is 18.7. The van der Waals surface area contributed by atoms with Gasteiger partial charge in [-0.05, 0) is 11.6 Å². The molecule has 2 unspecified atom stereocenters. The monoisotopic (exact) mass is 353 g/mol. The average Bonchev–Trinajstić information content (AvgIpc) is 2.91. The summed E-state index contributed by atoms with van der Waals surface area (Å²) in [7, 11) is 1.61. The van der Waals surface area contributed by atoms with E-state index in [0.29, 0.717) is 16.8 Å². The van der Waals surface area contributed by atoms with Crippen LogP contribution in [0.25, 0.3) is 0 Å². The van der Waals surface area contributed by atoms with Gasteiger partial charge >= 0.3 is 11.8 Å². The maximum atomic E-state index is 12.3. The first-order valence-corrected chi connectivity index (χ1v) is 8.17. The predicted octanol–water partition coefficient (Wildman–Crippen LogP) is 0.670. The number of anilines is 1. The molecule has 0 saturated heterocycles. The summed E-state index contributed by atoms with van der Waals surface area (Å²) in [5.41, 5.74) is 1.97. The molecule has 1 heterocycles. The van der Waals surface area contributed by atoms with Crippen molar-refractivity contribution in [3.05, 3.63) is 65.7 Å². The van der Waals surface area contributed by atoms with E-state index in [0.717, 1.165) is 0 Å². The zero-order valence-electron chi connectivity index (χ0n) is 14.2. The van der Waals surface area contributed by atoms with Crippen LogP contribution in [0.4, 0.5) is 5.69 Å². The van der Waals surface area contributed by atoms with Crippen molar-refractivity contribution in [2.45, 2.75) is 12.1 Å². The molecule has 0 bridgehead atoms. The lowest BCUT2D eigenvalue weighted by molar-refractivity contribution is -0.140. The van der Waals surface area contributed by atoms with Crippen LogP contribution in [0.3, 0.4) is 0 Å². The molecule has 7 heteroatoms. The second-order valence-electron chi connectivity index (χ2n) is 6.00. The number of nitrogens with one attached hydrogen (secondary N) is 2. The second-order valence-corrected chi connectivity index (χ2v) is 6.00. The van der Waals surface area contributed by atoms with Gasteiger partial charge in [0.1, 0.15) is 6.04 Å². The first kappa shape index (κ1) is 17.6. The number of nitrogens with zero attached hydrogens (tertiary/aromatic N) is 1. The lowest BCUT2D eigenvalue weighted by atomic mass is 10.1. The van der Waals surface area contributed by atoms with Gasteiger partial charge in [-0.1, -0.05) is 48.5 Å². The maximum absolute atomic E-state index is 12.3. The standard InChI is InChI=1S/C19H19N3O4/c1-22-14-10-6-5-9-13(14)16(19(22)26)21-18(25)17(24)20-11-15(23)12-7-3-2-4-8-12/h2-10,15-16,23H,11H2,1H3,(H,20,24)(H,21,25). The fraction of sp³-hybridized carbons (Fsp3) is 0.211. The summed E-state index contributed by atoms with van der Waals surface area (Å²) in [5.74, 6) is -2.13. The summed E-state index contributed by atoms with van der Waals surface area (Å²) < 4.78 is 0. The van der Waals surface area contributed by atoms with Crippen LogP contribution in [-0.2, 0) is 14.4 Å². The second kappa shape index (κ2) is 7.37. The molecule has 26 heavy (non-hydrogen) atoms. The number of rotatable bonds is 4. The number of aliphatic hydroxyl groups is 1. The van der Waals surface area contributed by atoms with Crippen molar-refractivity contribution >= 4 is 23.4 Å². The summed E-state index contributed by atoms with van der Waals surface area (Å²) in [6.45, 7) is -0.106. The van der Waals surface area contributed by atoms with Gasteiger partial charge in [-0.2, -0.15) is 0 Å². The van der Waals surface area contributed by atoms with Gasteiger partial charge in [0.05, 0.1) is 6.10 Å². The number of benzene rings is 2. The van der Waals surface area contributed by atoms with Crippen LogP contribution in [0, 0.1) is 0 Å². The predicted molar refractivity (Wildman–Crippen MR) is 95.1 cm³/mol. The molecule has 0 spiro atoms. The van der Waals surface area contributed by atoms with Gasteiger partial charge in [0, 0.05) is 24.8 Å². The quantitative estimate of drug-likeness (QED) is 0.704. The minimum Gasteiger partial charge on any atom is -0.387 e. The van der Waals surface area contributed by atoms with E-state index in [-0.39, 0.29) is 12.5 Å². The Kier molecular flexibility index (Phi) is 4.99. The van der Waals surface area contributed by atoms with E-state index in [1.807, 2.05) is 6.07 Å². The Balaban J connectivity index is 1.60. The molecule has 2 aromatic rings. The van der Waals surface area contributed by atoms with Gasteiger partial charge < -0.3 is 20.6 Å². The number of carbonyl (C=O) groups excluding carboxylic acids is 3. The molecule has 2 aromatic carbocycles. The number of fused-ring (bicyclic) bond motifs is 1. The van der Waals surface area contributed by atoms with Gasteiger partial charge in [-0.25, -0.2) is 0 Å². The molecule has 0 aromatic heterocycles. The van der Waals surface area contributed by atoms with Crippen LogP contribution >= 0.6 is 0 Å². The number of para-hydroxylation sites is 1. The SMILES string of the molecule is CN1C(=O)C(NC(=O)C(=O)NCC(O)c2ccccc2)c2ccccc21. The van der Waals surface area contributed by atoms with Crippen molar-refractivity contribution in [3.63, 3.8) is 0 Å². The van der Waals surface area contributed by atoms with Crippen LogP contribution < -0.4 is 15.5 Å². The van der Waals surface area contributed by atoms with Crippen LogP contribution in [0.1, 0.15) is 23.3 Å². The summed E-state index contributed by atoms with van der Waals surface area (Å²) in [5, 5.41) is 14.9. The molecule has 2 atom stereocenters. The molecule has 3 amide bonds. The number of aliphatic hydroxyl groups excluding tert-OH is 1. The van der Waals surface area contributed by atoms with E-state index in [4.69, 9.17) is 0 Å². The summed E-state index contributed by atoms with van der Waals surface area (Å²) >= 11 is 0. The Morgan fingerprint density at radius 3 is 2.46 bits per heavy atom. The molecule has 3 rings (SSSR count). The topological polar surface area (TPSA) is 98.7 Å². The highest BCUT2D eigenvalue weighted by molar-refractivity contribution is 6.35. The van der Waals surface area contributed by atoms with Crippen molar-refractivity contribution in [2.75, 3.05) is 18.5 Å². The van der Waals surface area contributed by atoms with Crippen molar-refractivity contribution in [1.29, 1.82) is 0 Å². The van der Waals surface area contributed by atoms with Crippen LogP contribution in [0.5, 0.6) is 0 Å². The first-order chi connectivity index (χ1) is 12.5. The lowest BCUT2D eigenvalue weighted by Gasteiger charge is -2.14. The Morgan fingerprint density at radius 2 is 1.73 bits per heavy atom. The maximum Gasteiger partial charge on any atom is 0.310 e. The molecule has 0 radical (unpaired) electrons. The average molecular weight is 353 g/mol. The first-order valence-electron chi connectivity index (χ1n) is 8.17. The van der Waals surface area contributed by atoms with Crippen molar-refractivity contribution in [3.8, 4) is 0 Å². The molecule has 134 valence electrons. The highest BCUT2D eigenvalue weighted by Gasteiger charge is 2.36. The van der Waals surface area contributed by atoms with Gasteiger partial charge in [0.2, 0.25) is 0 Å². The van der Waals surface area contributed by atoms with Crippen molar-refractivity contribution in [1.82, 2.24) is 10.6 Å².